The molecule has 110 valence electrons. The summed E-state index contributed by atoms with van der Waals surface area (Å²) >= 11 is 0. The Hall–Kier alpha value is -1.86. The Balaban J connectivity index is 2.01. The zero-order valence-corrected chi connectivity index (χ0v) is 11.5. The highest BCUT2D eigenvalue weighted by atomic mass is 16.6. The highest BCUT2D eigenvalue weighted by molar-refractivity contribution is 5.87. The van der Waals surface area contributed by atoms with E-state index in [0.717, 1.165) is 5.56 Å². The molecule has 0 aromatic carbocycles. The number of ether oxygens (including phenoxy) is 3. The summed E-state index contributed by atoms with van der Waals surface area (Å²) < 4.78 is 19.8. The van der Waals surface area contributed by atoms with Crippen LogP contribution in [0.1, 0.15) is 16.1 Å². The number of morpholine rings is 1. The molecule has 2 rings (SSSR count). The number of nitrogens with zero attached hydrogens (tertiary/aromatic N) is 1. The van der Waals surface area contributed by atoms with E-state index >= 15 is 0 Å². The maximum atomic E-state index is 11.5. The van der Waals surface area contributed by atoms with Crippen LogP contribution in [-0.2, 0) is 25.5 Å². The van der Waals surface area contributed by atoms with Gasteiger partial charge in [-0.25, -0.2) is 9.59 Å². The molecule has 1 unspecified atom stereocenters. The molecule has 7 heteroatoms. The van der Waals surface area contributed by atoms with Gasteiger partial charge in [0, 0.05) is 25.2 Å². The van der Waals surface area contributed by atoms with Crippen molar-refractivity contribution < 1.29 is 28.2 Å². The fraction of sp³-hybridized carbons (Fsp3) is 0.538. The number of carbonyl (C=O) groups excluding carboxylic acids is 2. The lowest BCUT2D eigenvalue weighted by molar-refractivity contribution is -0.160. The zero-order valence-electron chi connectivity index (χ0n) is 11.5. The first-order valence-corrected chi connectivity index (χ1v) is 6.22. The first-order valence-electron chi connectivity index (χ1n) is 6.22. The Bertz CT molecular complexity index is 483. The summed E-state index contributed by atoms with van der Waals surface area (Å²) in [6.07, 6.45) is 0.849. The molecule has 1 saturated heterocycles. The van der Waals surface area contributed by atoms with E-state index in [0.29, 0.717) is 26.2 Å². The molecular formula is C13H17NO6. The Morgan fingerprint density at radius 2 is 2.20 bits per heavy atom. The van der Waals surface area contributed by atoms with Crippen LogP contribution in [0.3, 0.4) is 0 Å². The van der Waals surface area contributed by atoms with E-state index in [1.807, 2.05) is 4.90 Å². The lowest BCUT2D eigenvalue weighted by atomic mass is 10.2. The molecule has 0 bridgehead atoms. The summed E-state index contributed by atoms with van der Waals surface area (Å²) in [6.45, 7) is 2.00. The van der Waals surface area contributed by atoms with Gasteiger partial charge >= 0.3 is 11.9 Å². The highest BCUT2D eigenvalue weighted by Crippen LogP contribution is 2.17. The van der Waals surface area contributed by atoms with Gasteiger partial charge in [0.25, 0.3) is 0 Å². The Morgan fingerprint density at radius 3 is 2.90 bits per heavy atom. The zero-order chi connectivity index (χ0) is 14.5. The van der Waals surface area contributed by atoms with E-state index < -0.39 is 18.0 Å². The van der Waals surface area contributed by atoms with E-state index in [1.54, 1.807) is 6.07 Å². The quantitative estimate of drug-likeness (QED) is 0.742. The van der Waals surface area contributed by atoms with Crippen LogP contribution < -0.4 is 0 Å². The first-order chi connectivity index (χ1) is 9.65. The molecule has 0 spiro atoms. The van der Waals surface area contributed by atoms with E-state index in [9.17, 15) is 9.59 Å². The fourth-order valence-corrected chi connectivity index (χ4v) is 2.09. The Labute approximate surface area is 116 Å². The van der Waals surface area contributed by atoms with Gasteiger partial charge in [0.15, 0.2) is 6.10 Å². The third-order valence-corrected chi connectivity index (χ3v) is 3.13. The molecule has 7 nitrogen and oxygen atoms in total. The lowest BCUT2D eigenvalue weighted by Gasteiger charge is -2.31. The third-order valence-electron chi connectivity index (χ3n) is 3.13. The van der Waals surface area contributed by atoms with E-state index in [1.165, 1.54) is 20.5 Å². The highest BCUT2D eigenvalue weighted by Gasteiger charge is 2.28. The van der Waals surface area contributed by atoms with Crippen LogP contribution in [0.2, 0.25) is 0 Å². The summed E-state index contributed by atoms with van der Waals surface area (Å²) in [4.78, 5) is 25.0. The minimum atomic E-state index is -0.595. The summed E-state index contributed by atoms with van der Waals surface area (Å²) in [6, 6.07) is 1.72. The summed E-state index contributed by atoms with van der Waals surface area (Å²) in [5, 5.41) is 0. The second-order valence-electron chi connectivity index (χ2n) is 4.38. The van der Waals surface area contributed by atoms with Gasteiger partial charge in [-0.05, 0) is 6.07 Å². The van der Waals surface area contributed by atoms with E-state index in [4.69, 9.17) is 9.15 Å². The Morgan fingerprint density at radius 1 is 1.40 bits per heavy atom. The van der Waals surface area contributed by atoms with Crippen molar-refractivity contribution in [1.29, 1.82) is 0 Å². The number of hydrogen-bond donors (Lipinski definition) is 0. The second kappa shape index (κ2) is 6.53. The van der Waals surface area contributed by atoms with Crippen LogP contribution in [0.15, 0.2) is 16.7 Å². The maximum Gasteiger partial charge on any atom is 0.374 e. The van der Waals surface area contributed by atoms with Crippen molar-refractivity contribution in [1.82, 2.24) is 4.90 Å². The summed E-state index contributed by atoms with van der Waals surface area (Å²) in [7, 11) is 2.63. The molecule has 0 N–H and O–H groups in total. The van der Waals surface area contributed by atoms with Gasteiger partial charge in [-0.2, -0.15) is 0 Å². The molecule has 1 aliphatic heterocycles. The van der Waals surface area contributed by atoms with Crippen LogP contribution in [0.25, 0.3) is 0 Å². The molecule has 0 saturated carbocycles. The van der Waals surface area contributed by atoms with Gasteiger partial charge < -0.3 is 18.6 Å². The average molecular weight is 283 g/mol. The van der Waals surface area contributed by atoms with Gasteiger partial charge in [0.2, 0.25) is 5.76 Å². The van der Waals surface area contributed by atoms with Crippen molar-refractivity contribution in [2.24, 2.45) is 0 Å². The number of carbonyl (C=O) groups is 2. The second-order valence-corrected chi connectivity index (χ2v) is 4.38. The number of methoxy groups -OCH3 is 2. The topological polar surface area (TPSA) is 78.2 Å². The van der Waals surface area contributed by atoms with Crippen LogP contribution in [0, 0.1) is 0 Å². The van der Waals surface area contributed by atoms with Crippen LogP contribution in [0.5, 0.6) is 0 Å². The molecule has 1 atom stereocenters. The molecule has 0 aliphatic carbocycles. The molecule has 1 fully saturated rings. The Kier molecular flexibility index (Phi) is 4.75. The SMILES string of the molecule is COC(=O)c1occc1CN1CCOC(C(=O)OC)C1. The van der Waals surface area contributed by atoms with Crippen molar-refractivity contribution in [2.75, 3.05) is 33.9 Å². The lowest BCUT2D eigenvalue weighted by Crippen LogP contribution is -2.46. The minimum absolute atomic E-state index is 0.189. The van der Waals surface area contributed by atoms with E-state index in [2.05, 4.69) is 9.47 Å². The van der Waals surface area contributed by atoms with Gasteiger partial charge in [-0.1, -0.05) is 0 Å². The van der Waals surface area contributed by atoms with Crippen molar-refractivity contribution in [2.45, 2.75) is 12.6 Å². The molecule has 0 amide bonds. The third kappa shape index (κ3) is 3.17. The fourth-order valence-electron chi connectivity index (χ4n) is 2.09. The molecule has 1 aliphatic rings. The molecule has 1 aromatic rings. The molecular weight excluding hydrogens is 266 g/mol. The number of rotatable bonds is 4. The van der Waals surface area contributed by atoms with E-state index in [-0.39, 0.29) is 5.76 Å². The van der Waals surface area contributed by atoms with Crippen LogP contribution >= 0.6 is 0 Å². The molecule has 2 heterocycles. The predicted octanol–water partition coefficient (Wildman–Crippen LogP) is 0.440. The van der Waals surface area contributed by atoms with Crippen molar-refractivity contribution in [3.63, 3.8) is 0 Å². The largest absolute Gasteiger partial charge is 0.467 e. The van der Waals surface area contributed by atoms with Crippen molar-refractivity contribution in [3.05, 3.63) is 23.7 Å². The summed E-state index contributed by atoms with van der Waals surface area (Å²) in [5.74, 6) is -0.716. The molecule has 1 aromatic heterocycles. The monoisotopic (exact) mass is 283 g/mol. The van der Waals surface area contributed by atoms with Crippen LogP contribution in [-0.4, -0.2) is 56.9 Å². The summed E-state index contributed by atoms with van der Waals surface area (Å²) in [5.41, 5.74) is 0.724. The molecule has 0 radical (unpaired) electrons. The standard InChI is InChI=1S/C13H17NO6/c1-17-12(15)10-8-14(4-6-19-10)7-9-3-5-20-11(9)13(16)18-2/h3,5,10H,4,6-8H2,1-2H3. The number of esters is 2. The normalized spacial score (nSPS) is 19.6. The van der Waals surface area contributed by atoms with Crippen molar-refractivity contribution in [3.8, 4) is 0 Å². The molecule has 20 heavy (non-hydrogen) atoms. The number of furan rings is 1. The first kappa shape index (κ1) is 14.5. The average Bonchev–Trinajstić information content (AvgIpc) is 2.94. The minimum Gasteiger partial charge on any atom is -0.467 e. The number of hydrogen-bond acceptors (Lipinski definition) is 7. The van der Waals surface area contributed by atoms with Gasteiger partial charge in [-0.3, -0.25) is 4.90 Å². The predicted molar refractivity (Wildman–Crippen MR) is 67.1 cm³/mol. The van der Waals surface area contributed by atoms with Gasteiger partial charge in [-0.15, -0.1) is 0 Å². The van der Waals surface area contributed by atoms with Crippen LogP contribution in [0.4, 0.5) is 0 Å². The van der Waals surface area contributed by atoms with Crippen molar-refractivity contribution >= 4 is 11.9 Å². The smallest absolute Gasteiger partial charge is 0.374 e. The van der Waals surface area contributed by atoms with Gasteiger partial charge in [0.05, 0.1) is 27.1 Å². The maximum absolute atomic E-state index is 11.5. The van der Waals surface area contributed by atoms with Gasteiger partial charge in [0.1, 0.15) is 0 Å².